The first kappa shape index (κ1) is 10.4. The molecule has 0 aliphatic heterocycles. The number of methoxy groups -OCH3 is 1. The zero-order chi connectivity index (χ0) is 8.85. The lowest BCUT2D eigenvalue weighted by Gasteiger charge is -2.09. The standard InChI is InChI=1S/C8H16O3/c1-6(8(10)11-3)4-5-7(2)9/h6-7,9H,4-5H2,1-3H3. The fourth-order valence-electron chi connectivity index (χ4n) is 0.810. The molecule has 2 atom stereocenters. The molecule has 0 aliphatic carbocycles. The highest BCUT2D eigenvalue weighted by atomic mass is 16.5. The molecule has 0 bridgehead atoms. The number of aliphatic hydroxyl groups is 1. The van der Waals surface area contributed by atoms with Crippen molar-refractivity contribution in [3.8, 4) is 0 Å². The van der Waals surface area contributed by atoms with E-state index in [-0.39, 0.29) is 18.0 Å². The fourth-order valence-corrected chi connectivity index (χ4v) is 0.810. The van der Waals surface area contributed by atoms with Crippen molar-refractivity contribution in [3.05, 3.63) is 0 Å². The predicted molar refractivity (Wildman–Crippen MR) is 42.1 cm³/mol. The largest absolute Gasteiger partial charge is 0.469 e. The third-order valence-electron chi connectivity index (χ3n) is 1.62. The van der Waals surface area contributed by atoms with Crippen LogP contribution in [0.25, 0.3) is 0 Å². The van der Waals surface area contributed by atoms with E-state index in [1.165, 1.54) is 7.11 Å². The van der Waals surface area contributed by atoms with Crippen LogP contribution in [0.5, 0.6) is 0 Å². The molecule has 66 valence electrons. The molecule has 0 aromatic heterocycles. The molecule has 11 heavy (non-hydrogen) atoms. The van der Waals surface area contributed by atoms with Gasteiger partial charge in [-0.05, 0) is 19.8 Å². The lowest BCUT2D eigenvalue weighted by Crippen LogP contribution is -2.14. The summed E-state index contributed by atoms with van der Waals surface area (Å²) in [5, 5.41) is 8.90. The van der Waals surface area contributed by atoms with Gasteiger partial charge in [-0.15, -0.1) is 0 Å². The lowest BCUT2D eigenvalue weighted by atomic mass is 10.0. The smallest absolute Gasteiger partial charge is 0.308 e. The number of ether oxygens (including phenoxy) is 1. The average molecular weight is 160 g/mol. The van der Waals surface area contributed by atoms with Crippen molar-refractivity contribution >= 4 is 5.97 Å². The highest BCUT2D eigenvalue weighted by Gasteiger charge is 2.12. The van der Waals surface area contributed by atoms with Crippen molar-refractivity contribution in [1.82, 2.24) is 0 Å². The summed E-state index contributed by atoms with van der Waals surface area (Å²) in [5.74, 6) is -0.305. The van der Waals surface area contributed by atoms with E-state index < -0.39 is 0 Å². The molecule has 0 aromatic carbocycles. The Morgan fingerprint density at radius 3 is 2.36 bits per heavy atom. The molecule has 1 N–H and O–H groups in total. The molecule has 3 heteroatoms. The molecule has 0 radical (unpaired) electrons. The number of carbonyl (C=O) groups is 1. The number of hydrogen-bond acceptors (Lipinski definition) is 3. The maximum atomic E-state index is 10.8. The summed E-state index contributed by atoms with van der Waals surface area (Å²) in [5.41, 5.74) is 0. The van der Waals surface area contributed by atoms with Crippen LogP contribution < -0.4 is 0 Å². The molecular weight excluding hydrogens is 144 g/mol. The van der Waals surface area contributed by atoms with Gasteiger partial charge in [0.25, 0.3) is 0 Å². The van der Waals surface area contributed by atoms with Gasteiger partial charge in [-0.3, -0.25) is 4.79 Å². The quantitative estimate of drug-likeness (QED) is 0.623. The third kappa shape index (κ3) is 4.79. The summed E-state index contributed by atoms with van der Waals surface area (Å²) in [6, 6.07) is 0. The second-order valence-corrected chi connectivity index (χ2v) is 2.85. The number of carbonyl (C=O) groups excluding carboxylic acids is 1. The maximum Gasteiger partial charge on any atom is 0.308 e. The fraction of sp³-hybridized carbons (Fsp3) is 0.875. The zero-order valence-corrected chi connectivity index (χ0v) is 7.33. The molecule has 0 aromatic rings. The minimum absolute atomic E-state index is 0.102. The van der Waals surface area contributed by atoms with E-state index in [1.54, 1.807) is 13.8 Å². The monoisotopic (exact) mass is 160 g/mol. The van der Waals surface area contributed by atoms with Gasteiger partial charge < -0.3 is 9.84 Å². The summed E-state index contributed by atoms with van der Waals surface area (Å²) in [6.45, 7) is 3.51. The van der Waals surface area contributed by atoms with E-state index in [0.717, 1.165) is 0 Å². The number of esters is 1. The van der Waals surface area contributed by atoms with Crippen molar-refractivity contribution < 1.29 is 14.6 Å². The summed E-state index contributed by atoms with van der Waals surface area (Å²) in [4.78, 5) is 10.8. The Hall–Kier alpha value is -0.570. The summed E-state index contributed by atoms with van der Waals surface area (Å²) in [7, 11) is 1.38. The Morgan fingerprint density at radius 1 is 1.45 bits per heavy atom. The molecule has 2 unspecified atom stereocenters. The van der Waals surface area contributed by atoms with Crippen LogP contribution in [0.4, 0.5) is 0 Å². The van der Waals surface area contributed by atoms with Crippen LogP contribution in [0.1, 0.15) is 26.7 Å². The molecule has 0 amide bonds. The van der Waals surface area contributed by atoms with Crippen LogP contribution in [-0.4, -0.2) is 24.3 Å². The lowest BCUT2D eigenvalue weighted by molar-refractivity contribution is -0.145. The van der Waals surface area contributed by atoms with Gasteiger partial charge in [-0.1, -0.05) is 6.92 Å². The van der Waals surface area contributed by atoms with Crippen LogP contribution in [-0.2, 0) is 9.53 Å². The first-order chi connectivity index (χ1) is 5.07. The molecule has 0 rings (SSSR count). The Morgan fingerprint density at radius 2 is 2.00 bits per heavy atom. The Kier molecular flexibility index (Phi) is 4.86. The van der Waals surface area contributed by atoms with Gasteiger partial charge in [0, 0.05) is 0 Å². The Bertz CT molecular complexity index is 121. The minimum atomic E-state index is -0.331. The van der Waals surface area contributed by atoms with Crippen LogP contribution in [0.15, 0.2) is 0 Å². The highest BCUT2D eigenvalue weighted by molar-refractivity contribution is 5.71. The molecule has 0 aliphatic rings. The minimum Gasteiger partial charge on any atom is -0.469 e. The first-order valence-corrected chi connectivity index (χ1v) is 3.83. The van der Waals surface area contributed by atoms with Crippen molar-refractivity contribution in [3.63, 3.8) is 0 Å². The first-order valence-electron chi connectivity index (χ1n) is 3.83. The van der Waals surface area contributed by atoms with Gasteiger partial charge in [0.05, 0.1) is 19.1 Å². The van der Waals surface area contributed by atoms with Gasteiger partial charge in [0.15, 0.2) is 0 Å². The second-order valence-electron chi connectivity index (χ2n) is 2.85. The van der Waals surface area contributed by atoms with E-state index in [4.69, 9.17) is 5.11 Å². The zero-order valence-electron chi connectivity index (χ0n) is 7.33. The molecular formula is C8H16O3. The molecule has 0 heterocycles. The highest BCUT2D eigenvalue weighted by Crippen LogP contribution is 2.08. The van der Waals surface area contributed by atoms with Crippen molar-refractivity contribution in [2.24, 2.45) is 5.92 Å². The topological polar surface area (TPSA) is 46.5 Å². The van der Waals surface area contributed by atoms with Gasteiger partial charge >= 0.3 is 5.97 Å². The van der Waals surface area contributed by atoms with Gasteiger partial charge in [-0.2, -0.15) is 0 Å². The molecule has 0 fully saturated rings. The van der Waals surface area contributed by atoms with Gasteiger partial charge in [0.1, 0.15) is 0 Å². The van der Waals surface area contributed by atoms with Crippen LogP contribution in [0, 0.1) is 5.92 Å². The number of rotatable bonds is 4. The second kappa shape index (κ2) is 5.13. The predicted octanol–water partition coefficient (Wildman–Crippen LogP) is 0.956. The van der Waals surface area contributed by atoms with Crippen LogP contribution in [0.3, 0.4) is 0 Å². The van der Waals surface area contributed by atoms with Crippen LogP contribution in [0.2, 0.25) is 0 Å². The maximum absolute atomic E-state index is 10.8. The van der Waals surface area contributed by atoms with Crippen molar-refractivity contribution in [2.75, 3.05) is 7.11 Å². The summed E-state index contributed by atoms with van der Waals surface area (Å²) < 4.78 is 4.52. The molecule has 0 saturated heterocycles. The molecule has 0 saturated carbocycles. The third-order valence-corrected chi connectivity index (χ3v) is 1.62. The molecule has 3 nitrogen and oxygen atoms in total. The summed E-state index contributed by atoms with van der Waals surface area (Å²) in [6.07, 6.45) is 1.00. The number of aliphatic hydroxyl groups excluding tert-OH is 1. The molecule has 0 spiro atoms. The van der Waals surface area contributed by atoms with Gasteiger partial charge in [-0.25, -0.2) is 0 Å². The van der Waals surface area contributed by atoms with Crippen molar-refractivity contribution in [1.29, 1.82) is 0 Å². The van der Waals surface area contributed by atoms with Gasteiger partial charge in [0.2, 0.25) is 0 Å². The number of hydrogen-bond donors (Lipinski definition) is 1. The SMILES string of the molecule is COC(=O)C(C)CCC(C)O. The van der Waals surface area contributed by atoms with E-state index in [0.29, 0.717) is 12.8 Å². The normalized spacial score (nSPS) is 15.6. The Balaban J connectivity index is 3.52. The van der Waals surface area contributed by atoms with E-state index in [1.807, 2.05) is 0 Å². The van der Waals surface area contributed by atoms with Crippen LogP contribution >= 0.6 is 0 Å². The van der Waals surface area contributed by atoms with E-state index in [2.05, 4.69) is 4.74 Å². The van der Waals surface area contributed by atoms with Crippen molar-refractivity contribution in [2.45, 2.75) is 32.8 Å². The van der Waals surface area contributed by atoms with E-state index >= 15 is 0 Å². The Labute approximate surface area is 67.4 Å². The van der Waals surface area contributed by atoms with E-state index in [9.17, 15) is 4.79 Å². The summed E-state index contributed by atoms with van der Waals surface area (Å²) >= 11 is 0. The average Bonchev–Trinajstić information content (AvgIpc) is 1.98.